The first-order valence-corrected chi connectivity index (χ1v) is 12.5. The summed E-state index contributed by atoms with van der Waals surface area (Å²) in [6.45, 7) is 6.21. The molecule has 3 rings (SSSR count). The molecule has 1 saturated carbocycles. The number of hydrogen-bond donors (Lipinski definition) is 2. The molecule has 0 spiro atoms. The van der Waals surface area contributed by atoms with Crippen LogP contribution in [0.15, 0.2) is 48.5 Å². The van der Waals surface area contributed by atoms with Crippen molar-refractivity contribution < 1.29 is 19.1 Å². The second-order valence-corrected chi connectivity index (χ2v) is 9.43. The van der Waals surface area contributed by atoms with Crippen LogP contribution in [-0.4, -0.2) is 48.4 Å². The largest absolute Gasteiger partial charge is 0.494 e. The van der Waals surface area contributed by atoms with Crippen LogP contribution in [0.25, 0.3) is 0 Å². The van der Waals surface area contributed by atoms with Crippen LogP contribution in [0.4, 0.5) is 5.69 Å². The van der Waals surface area contributed by atoms with Crippen molar-refractivity contribution in [2.75, 3.05) is 19.0 Å². The molecule has 0 aliphatic heterocycles. The minimum absolute atomic E-state index is 0.00236. The van der Waals surface area contributed by atoms with Gasteiger partial charge in [0, 0.05) is 29.9 Å². The molecule has 1 fully saturated rings. The van der Waals surface area contributed by atoms with Gasteiger partial charge in [-0.25, -0.2) is 0 Å². The van der Waals surface area contributed by atoms with Gasteiger partial charge in [-0.1, -0.05) is 33.1 Å². The topological polar surface area (TPSA) is 87.7 Å². The molecular weight excluding hydrogens is 442 g/mol. The highest BCUT2D eigenvalue weighted by atomic mass is 16.5. The SMILES string of the molecule is CCOc1ccc(C(=O)NC(C(=O)Nc2ccc(C(=O)N(C)C3CCCCC3)cc2)C(C)C)cc1. The Morgan fingerprint density at radius 2 is 1.54 bits per heavy atom. The standard InChI is InChI=1S/C28H37N3O4/c1-5-35-24-17-13-20(14-18-24)26(32)30-25(19(2)3)27(33)29-22-15-11-21(12-16-22)28(34)31(4)23-9-7-6-8-10-23/h11-19,23,25H,5-10H2,1-4H3,(H,29,33)(H,30,32). The van der Waals surface area contributed by atoms with Gasteiger partial charge in [0.15, 0.2) is 0 Å². The zero-order valence-corrected chi connectivity index (χ0v) is 21.2. The Bertz CT molecular complexity index is 996. The van der Waals surface area contributed by atoms with E-state index in [0.29, 0.717) is 35.2 Å². The first kappa shape index (κ1) is 26.3. The van der Waals surface area contributed by atoms with Crippen molar-refractivity contribution in [2.24, 2.45) is 5.92 Å². The van der Waals surface area contributed by atoms with Crippen molar-refractivity contribution in [3.05, 3.63) is 59.7 Å². The van der Waals surface area contributed by atoms with Crippen molar-refractivity contribution in [3.63, 3.8) is 0 Å². The molecule has 1 aliphatic carbocycles. The number of nitrogens with zero attached hydrogens (tertiary/aromatic N) is 1. The van der Waals surface area contributed by atoms with Gasteiger partial charge in [-0.3, -0.25) is 14.4 Å². The second kappa shape index (κ2) is 12.4. The number of amides is 3. The minimum atomic E-state index is -0.715. The summed E-state index contributed by atoms with van der Waals surface area (Å²) in [5.74, 6) is -0.0653. The molecule has 0 saturated heterocycles. The maximum Gasteiger partial charge on any atom is 0.253 e. The number of rotatable bonds is 9. The Kier molecular flexibility index (Phi) is 9.29. The van der Waals surface area contributed by atoms with Gasteiger partial charge in [0.25, 0.3) is 11.8 Å². The van der Waals surface area contributed by atoms with Gasteiger partial charge >= 0.3 is 0 Å². The number of anilines is 1. The molecule has 0 bridgehead atoms. The molecule has 1 unspecified atom stereocenters. The van der Waals surface area contributed by atoms with Gasteiger partial charge in [-0.2, -0.15) is 0 Å². The van der Waals surface area contributed by atoms with Crippen LogP contribution in [0.2, 0.25) is 0 Å². The fraction of sp³-hybridized carbons (Fsp3) is 0.464. The van der Waals surface area contributed by atoms with Gasteiger partial charge in [0.2, 0.25) is 5.91 Å². The third-order valence-electron chi connectivity index (χ3n) is 6.51. The van der Waals surface area contributed by atoms with Crippen molar-refractivity contribution in [3.8, 4) is 5.75 Å². The quantitative estimate of drug-likeness (QED) is 0.536. The van der Waals surface area contributed by atoms with Crippen LogP contribution < -0.4 is 15.4 Å². The van der Waals surface area contributed by atoms with Crippen LogP contribution in [0, 0.1) is 5.92 Å². The number of hydrogen-bond acceptors (Lipinski definition) is 4. The molecule has 188 valence electrons. The van der Waals surface area contributed by atoms with Crippen LogP contribution in [-0.2, 0) is 4.79 Å². The zero-order valence-electron chi connectivity index (χ0n) is 21.2. The van der Waals surface area contributed by atoms with Gasteiger partial charge < -0.3 is 20.3 Å². The highest BCUT2D eigenvalue weighted by Crippen LogP contribution is 2.23. The molecule has 0 aromatic heterocycles. The predicted molar refractivity (Wildman–Crippen MR) is 138 cm³/mol. The minimum Gasteiger partial charge on any atom is -0.494 e. The monoisotopic (exact) mass is 479 g/mol. The Morgan fingerprint density at radius 1 is 0.943 bits per heavy atom. The highest BCUT2D eigenvalue weighted by Gasteiger charge is 2.26. The van der Waals surface area contributed by atoms with Gasteiger partial charge in [0.05, 0.1) is 6.61 Å². The van der Waals surface area contributed by atoms with E-state index in [2.05, 4.69) is 10.6 Å². The van der Waals surface area contributed by atoms with Gasteiger partial charge in [-0.15, -0.1) is 0 Å². The molecule has 7 nitrogen and oxygen atoms in total. The van der Waals surface area contributed by atoms with Crippen LogP contribution in [0.3, 0.4) is 0 Å². The van der Waals surface area contributed by atoms with E-state index in [4.69, 9.17) is 4.74 Å². The summed E-state index contributed by atoms with van der Waals surface area (Å²) >= 11 is 0. The first-order chi connectivity index (χ1) is 16.8. The maximum absolute atomic E-state index is 13.0. The third-order valence-corrected chi connectivity index (χ3v) is 6.51. The molecule has 1 atom stereocenters. The Morgan fingerprint density at radius 3 is 2.11 bits per heavy atom. The smallest absolute Gasteiger partial charge is 0.253 e. The van der Waals surface area contributed by atoms with E-state index in [-0.39, 0.29) is 23.6 Å². The molecule has 0 heterocycles. The lowest BCUT2D eigenvalue weighted by atomic mass is 9.94. The van der Waals surface area contributed by atoms with Crippen molar-refractivity contribution in [2.45, 2.75) is 65.0 Å². The molecular formula is C28H37N3O4. The van der Waals surface area contributed by atoms with Crippen LogP contribution >= 0.6 is 0 Å². The number of carbonyl (C=O) groups is 3. The van der Waals surface area contributed by atoms with Crippen molar-refractivity contribution >= 4 is 23.4 Å². The summed E-state index contributed by atoms with van der Waals surface area (Å²) < 4.78 is 5.41. The Labute approximate surface area is 208 Å². The predicted octanol–water partition coefficient (Wildman–Crippen LogP) is 4.88. The van der Waals surface area contributed by atoms with E-state index in [1.54, 1.807) is 48.5 Å². The van der Waals surface area contributed by atoms with E-state index < -0.39 is 6.04 Å². The van der Waals surface area contributed by atoms with E-state index in [1.165, 1.54) is 19.3 Å². The number of nitrogens with one attached hydrogen (secondary N) is 2. The lowest BCUT2D eigenvalue weighted by Gasteiger charge is -2.31. The van der Waals surface area contributed by atoms with E-state index in [0.717, 1.165) is 12.8 Å². The average molecular weight is 480 g/mol. The zero-order chi connectivity index (χ0) is 25.4. The summed E-state index contributed by atoms with van der Waals surface area (Å²) in [6.07, 6.45) is 5.68. The van der Waals surface area contributed by atoms with E-state index in [9.17, 15) is 14.4 Å². The Hall–Kier alpha value is -3.35. The number of carbonyl (C=O) groups excluding carboxylic acids is 3. The summed E-state index contributed by atoms with van der Waals surface area (Å²) in [5.41, 5.74) is 1.63. The fourth-order valence-electron chi connectivity index (χ4n) is 4.38. The Balaban J connectivity index is 1.60. The van der Waals surface area contributed by atoms with Crippen LogP contribution in [0.5, 0.6) is 5.75 Å². The summed E-state index contributed by atoms with van der Waals surface area (Å²) in [5, 5.41) is 5.70. The first-order valence-electron chi connectivity index (χ1n) is 12.5. The fourth-order valence-corrected chi connectivity index (χ4v) is 4.38. The molecule has 35 heavy (non-hydrogen) atoms. The van der Waals surface area contributed by atoms with Gasteiger partial charge in [0.1, 0.15) is 11.8 Å². The molecule has 1 aliphatic rings. The average Bonchev–Trinajstić information content (AvgIpc) is 2.87. The maximum atomic E-state index is 13.0. The summed E-state index contributed by atoms with van der Waals surface area (Å²) in [4.78, 5) is 40.4. The molecule has 2 N–H and O–H groups in total. The molecule has 0 radical (unpaired) electrons. The summed E-state index contributed by atoms with van der Waals surface area (Å²) in [6, 6.07) is 13.3. The van der Waals surface area contributed by atoms with Gasteiger partial charge in [-0.05, 0) is 74.2 Å². The highest BCUT2D eigenvalue weighted by molar-refractivity contribution is 6.01. The van der Waals surface area contributed by atoms with Crippen molar-refractivity contribution in [1.82, 2.24) is 10.2 Å². The normalized spacial score (nSPS) is 14.8. The molecule has 3 amide bonds. The molecule has 2 aromatic carbocycles. The molecule has 2 aromatic rings. The third kappa shape index (κ3) is 7.07. The number of benzene rings is 2. The molecule has 7 heteroatoms. The lowest BCUT2D eigenvalue weighted by molar-refractivity contribution is -0.118. The van der Waals surface area contributed by atoms with E-state index >= 15 is 0 Å². The summed E-state index contributed by atoms with van der Waals surface area (Å²) in [7, 11) is 1.87. The van der Waals surface area contributed by atoms with Crippen molar-refractivity contribution in [1.29, 1.82) is 0 Å². The number of ether oxygens (including phenoxy) is 1. The van der Waals surface area contributed by atoms with E-state index in [1.807, 2.05) is 32.7 Å². The lowest BCUT2D eigenvalue weighted by Crippen LogP contribution is -2.47. The second-order valence-electron chi connectivity index (χ2n) is 9.43. The van der Waals surface area contributed by atoms with Crippen LogP contribution in [0.1, 0.15) is 73.6 Å².